The van der Waals surface area contributed by atoms with E-state index in [1.807, 2.05) is 49.5 Å². The lowest BCUT2D eigenvalue weighted by Gasteiger charge is -2.29. The molecular formula is C26H36O2S2. The number of hydrogen-bond acceptors (Lipinski definition) is 4. The summed E-state index contributed by atoms with van der Waals surface area (Å²) in [7, 11) is 0. The number of aromatic hydroxyl groups is 2. The summed E-state index contributed by atoms with van der Waals surface area (Å²) >= 11 is 4.03. The molecule has 0 spiro atoms. The van der Waals surface area contributed by atoms with Gasteiger partial charge in [0.05, 0.1) is 0 Å². The van der Waals surface area contributed by atoms with Gasteiger partial charge in [0, 0.05) is 33.1 Å². The van der Waals surface area contributed by atoms with Gasteiger partial charge in [0.1, 0.15) is 11.5 Å². The second-order valence-corrected chi connectivity index (χ2v) is 11.3. The van der Waals surface area contributed by atoms with E-state index in [1.165, 1.54) is 49.7 Å². The van der Waals surface area contributed by atoms with Gasteiger partial charge >= 0.3 is 0 Å². The zero-order valence-electron chi connectivity index (χ0n) is 18.8. The van der Waals surface area contributed by atoms with E-state index >= 15 is 0 Å². The third kappa shape index (κ3) is 6.13. The molecule has 0 aromatic heterocycles. The third-order valence-electron chi connectivity index (χ3n) is 6.10. The fourth-order valence-corrected chi connectivity index (χ4v) is 7.57. The lowest BCUT2D eigenvalue weighted by Crippen LogP contribution is -2.22. The molecule has 2 aromatic rings. The molecule has 0 heterocycles. The first-order chi connectivity index (χ1) is 14.3. The molecule has 0 unspecified atom stereocenters. The Morgan fingerprint density at radius 1 is 0.667 bits per heavy atom. The standard InChI is InChI=1S/C26H36O2S2/c1-17-11-19(3)25(27)21(13-17)15-29-23-9-7-5-6-8-10-24(23)30-16-22-14-18(2)12-20(4)26(22)28/h11-14,23-24,27-28H,5-10,15-16H2,1-4H3/t23-,24-/m0/s1. The normalized spacial score (nSPS) is 20.0. The summed E-state index contributed by atoms with van der Waals surface area (Å²) < 4.78 is 0. The summed E-state index contributed by atoms with van der Waals surface area (Å²) in [6, 6.07) is 8.37. The highest BCUT2D eigenvalue weighted by molar-refractivity contribution is 8.03. The van der Waals surface area contributed by atoms with E-state index in [0.29, 0.717) is 22.0 Å². The van der Waals surface area contributed by atoms with Crippen LogP contribution in [0, 0.1) is 27.7 Å². The second-order valence-electron chi connectivity index (χ2n) is 8.87. The van der Waals surface area contributed by atoms with Crippen molar-refractivity contribution in [1.82, 2.24) is 0 Å². The molecule has 3 rings (SSSR count). The van der Waals surface area contributed by atoms with Crippen molar-refractivity contribution in [2.45, 2.75) is 88.2 Å². The predicted octanol–water partition coefficient (Wildman–Crippen LogP) is 7.59. The van der Waals surface area contributed by atoms with Crippen LogP contribution < -0.4 is 0 Å². The van der Waals surface area contributed by atoms with Crippen LogP contribution in [0.3, 0.4) is 0 Å². The molecule has 2 aromatic carbocycles. The molecule has 164 valence electrons. The van der Waals surface area contributed by atoms with Gasteiger partial charge in [0.2, 0.25) is 0 Å². The topological polar surface area (TPSA) is 40.5 Å². The van der Waals surface area contributed by atoms with Crippen LogP contribution in [0.4, 0.5) is 0 Å². The van der Waals surface area contributed by atoms with Crippen LogP contribution in [0.5, 0.6) is 11.5 Å². The Morgan fingerprint density at radius 2 is 1.07 bits per heavy atom. The van der Waals surface area contributed by atoms with E-state index in [1.54, 1.807) is 0 Å². The van der Waals surface area contributed by atoms with Gasteiger partial charge in [-0.2, -0.15) is 23.5 Å². The van der Waals surface area contributed by atoms with Crippen LogP contribution in [-0.4, -0.2) is 20.7 Å². The molecule has 4 heteroatoms. The van der Waals surface area contributed by atoms with Crippen molar-refractivity contribution in [3.63, 3.8) is 0 Å². The first-order valence-corrected chi connectivity index (χ1v) is 13.3. The van der Waals surface area contributed by atoms with E-state index in [-0.39, 0.29) is 0 Å². The largest absolute Gasteiger partial charge is 0.507 e. The Morgan fingerprint density at radius 3 is 1.47 bits per heavy atom. The minimum absolute atomic E-state index is 0.461. The zero-order chi connectivity index (χ0) is 21.7. The van der Waals surface area contributed by atoms with Crippen molar-refractivity contribution in [3.8, 4) is 11.5 Å². The average molecular weight is 445 g/mol. The van der Waals surface area contributed by atoms with Crippen molar-refractivity contribution in [1.29, 1.82) is 0 Å². The van der Waals surface area contributed by atoms with Gasteiger partial charge in [-0.3, -0.25) is 0 Å². The molecule has 1 fully saturated rings. The average Bonchev–Trinajstić information content (AvgIpc) is 2.67. The van der Waals surface area contributed by atoms with Gasteiger partial charge in [-0.15, -0.1) is 0 Å². The Kier molecular flexibility index (Phi) is 8.47. The molecule has 0 amide bonds. The number of thioether (sulfide) groups is 2. The van der Waals surface area contributed by atoms with Crippen LogP contribution in [-0.2, 0) is 11.5 Å². The Labute approximate surface area is 190 Å². The van der Waals surface area contributed by atoms with Crippen LogP contribution in [0.15, 0.2) is 24.3 Å². The smallest absolute Gasteiger partial charge is 0.122 e. The van der Waals surface area contributed by atoms with Crippen molar-refractivity contribution in [2.24, 2.45) is 0 Å². The fraction of sp³-hybridized carbons (Fsp3) is 0.538. The number of phenols is 2. The lowest BCUT2D eigenvalue weighted by molar-refractivity contribution is 0.465. The van der Waals surface area contributed by atoms with E-state index in [0.717, 1.165) is 33.8 Å². The zero-order valence-corrected chi connectivity index (χ0v) is 20.5. The summed E-state index contributed by atoms with van der Waals surface area (Å²) in [5, 5.41) is 22.2. The summed E-state index contributed by atoms with van der Waals surface area (Å²) in [5.41, 5.74) is 6.51. The molecule has 2 nitrogen and oxygen atoms in total. The highest BCUT2D eigenvalue weighted by Gasteiger charge is 2.25. The predicted molar refractivity (Wildman–Crippen MR) is 133 cm³/mol. The summed E-state index contributed by atoms with van der Waals surface area (Å²) in [5.74, 6) is 2.65. The molecule has 1 aliphatic rings. The summed E-state index contributed by atoms with van der Waals surface area (Å²) in [6.45, 7) is 8.18. The number of hydrogen-bond donors (Lipinski definition) is 2. The summed E-state index contributed by atoms with van der Waals surface area (Å²) in [4.78, 5) is 0. The molecule has 0 aliphatic heterocycles. The highest BCUT2D eigenvalue weighted by Crippen LogP contribution is 2.40. The molecule has 1 aliphatic carbocycles. The maximum Gasteiger partial charge on any atom is 0.122 e. The highest BCUT2D eigenvalue weighted by atomic mass is 32.2. The molecule has 2 atom stereocenters. The Bertz CT molecular complexity index is 791. The molecule has 2 N–H and O–H groups in total. The number of rotatable bonds is 6. The van der Waals surface area contributed by atoms with Gasteiger partial charge in [-0.05, 0) is 51.7 Å². The number of aryl methyl sites for hydroxylation is 4. The minimum Gasteiger partial charge on any atom is -0.507 e. The Balaban J connectivity index is 1.70. The lowest BCUT2D eigenvalue weighted by atomic mass is 10.00. The maximum atomic E-state index is 10.5. The van der Waals surface area contributed by atoms with Crippen LogP contribution in [0.25, 0.3) is 0 Å². The van der Waals surface area contributed by atoms with Crippen molar-refractivity contribution < 1.29 is 10.2 Å². The van der Waals surface area contributed by atoms with Crippen molar-refractivity contribution in [2.75, 3.05) is 0 Å². The van der Waals surface area contributed by atoms with Gasteiger partial charge in [0.15, 0.2) is 0 Å². The minimum atomic E-state index is 0.461. The van der Waals surface area contributed by atoms with Crippen molar-refractivity contribution >= 4 is 23.5 Å². The third-order valence-corrected chi connectivity index (χ3v) is 9.21. The van der Waals surface area contributed by atoms with Gasteiger partial charge in [0.25, 0.3) is 0 Å². The summed E-state index contributed by atoms with van der Waals surface area (Å²) in [6.07, 6.45) is 7.74. The molecule has 1 saturated carbocycles. The van der Waals surface area contributed by atoms with E-state index in [2.05, 4.69) is 26.0 Å². The van der Waals surface area contributed by atoms with E-state index in [4.69, 9.17) is 0 Å². The van der Waals surface area contributed by atoms with Crippen LogP contribution >= 0.6 is 23.5 Å². The number of benzene rings is 2. The monoisotopic (exact) mass is 444 g/mol. The Hall–Kier alpha value is -1.26. The van der Waals surface area contributed by atoms with Crippen LogP contribution in [0.1, 0.15) is 71.9 Å². The van der Waals surface area contributed by atoms with Gasteiger partial charge < -0.3 is 10.2 Å². The molecule has 0 radical (unpaired) electrons. The first kappa shape index (κ1) is 23.4. The maximum absolute atomic E-state index is 10.5. The molecule has 30 heavy (non-hydrogen) atoms. The molecule has 0 saturated heterocycles. The van der Waals surface area contributed by atoms with Crippen molar-refractivity contribution in [3.05, 3.63) is 57.6 Å². The second kappa shape index (κ2) is 10.9. The van der Waals surface area contributed by atoms with Gasteiger partial charge in [-0.25, -0.2) is 0 Å². The molecular weight excluding hydrogens is 408 g/mol. The quantitative estimate of drug-likeness (QED) is 0.481. The number of phenolic OH excluding ortho intramolecular Hbond substituents is 2. The fourth-order valence-electron chi connectivity index (χ4n) is 4.51. The van der Waals surface area contributed by atoms with Gasteiger partial charge in [-0.1, -0.05) is 61.1 Å². The SMILES string of the molecule is Cc1cc(C)c(O)c(CS[C@H]2CCCCCC[C@@H]2SCc2cc(C)cc(C)c2O)c1. The molecule has 0 bridgehead atoms. The van der Waals surface area contributed by atoms with E-state index < -0.39 is 0 Å². The van der Waals surface area contributed by atoms with Crippen LogP contribution in [0.2, 0.25) is 0 Å². The van der Waals surface area contributed by atoms with E-state index in [9.17, 15) is 10.2 Å². The first-order valence-electron chi connectivity index (χ1n) is 11.2.